The lowest BCUT2D eigenvalue weighted by Gasteiger charge is -2.47. The second-order valence-corrected chi connectivity index (χ2v) is 10.8. The van der Waals surface area contributed by atoms with Gasteiger partial charge in [-0.2, -0.15) is 4.78 Å². The van der Waals surface area contributed by atoms with Crippen LogP contribution in [0.1, 0.15) is 59.8 Å². The van der Waals surface area contributed by atoms with E-state index in [4.69, 9.17) is 10.7 Å². The SMILES string of the molecule is [2H]OC[C@H]1O[C@@H](n2cc(C)c(=O)[nH]c2=O)CC1OP(N(C(C)C)C(C)C)N(C(C)C)N(C)C. The normalized spacial score (nSPS) is 23.3. The van der Waals surface area contributed by atoms with E-state index in [9.17, 15) is 9.59 Å². The Bertz CT molecular complexity index is 841. The van der Waals surface area contributed by atoms with Crippen LogP contribution in [0.25, 0.3) is 0 Å². The van der Waals surface area contributed by atoms with Crippen LogP contribution in [0.4, 0.5) is 0 Å². The summed E-state index contributed by atoms with van der Waals surface area (Å²) in [4.78, 5) is 26.6. The number of hydrogen-bond acceptors (Lipinski definition) is 8. The highest BCUT2D eigenvalue weighted by molar-refractivity contribution is 7.47. The van der Waals surface area contributed by atoms with Crippen molar-refractivity contribution in [2.75, 3.05) is 20.7 Å². The molecule has 1 saturated heterocycles. The zero-order chi connectivity index (χ0) is 25.0. The molecule has 4 atom stereocenters. The monoisotopic (exact) mass is 474 g/mol. The van der Waals surface area contributed by atoms with Gasteiger partial charge in [0, 0.05) is 50.4 Å². The van der Waals surface area contributed by atoms with Gasteiger partial charge >= 0.3 is 5.69 Å². The Balaban J connectivity index is 2.43. The Labute approximate surface area is 193 Å². The van der Waals surface area contributed by atoms with E-state index in [1.165, 1.54) is 10.8 Å². The van der Waals surface area contributed by atoms with Gasteiger partial charge in [-0.25, -0.2) is 14.5 Å². The highest BCUT2D eigenvalue weighted by atomic mass is 31.2. The Kier molecular flexibility index (Phi) is 9.03. The first kappa shape index (κ1) is 25.5. The highest BCUT2D eigenvalue weighted by Gasteiger charge is 2.43. The third-order valence-corrected chi connectivity index (χ3v) is 8.28. The molecule has 0 amide bonds. The highest BCUT2D eigenvalue weighted by Crippen LogP contribution is 2.52. The lowest BCUT2D eigenvalue weighted by atomic mass is 10.2. The maximum absolute atomic E-state index is 12.4. The van der Waals surface area contributed by atoms with Crippen molar-refractivity contribution in [1.29, 1.82) is 1.43 Å². The number of aliphatic hydroxyl groups excluding tert-OH is 1. The van der Waals surface area contributed by atoms with Crippen LogP contribution in [-0.4, -0.2) is 81.6 Å². The summed E-state index contributed by atoms with van der Waals surface area (Å²) in [7, 11) is 2.75. The molecule has 11 heteroatoms. The molecule has 0 bridgehead atoms. The maximum Gasteiger partial charge on any atom is 0.330 e. The third kappa shape index (κ3) is 6.05. The van der Waals surface area contributed by atoms with Crippen LogP contribution in [0.3, 0.4) is 0 Å². The summed E-state index contributed by atoms with van der Waals surface area (Å²) in [6.45, 7) is 14.5. The fourth-order valence-corrected chi connectivity index (χ4v) is 6.44. The number of aryl methyl sites for hydroxylation is 1. The molecule has 2 unspecified atom stereocenters. The molecule has 0 aromatic carbocycles. The van der Waals surface area contributed by atoms with Crippen molar-refractivity contribution in [1.82, 2.24) is 24.0 Å². The van der Waals surface area contributed by atoms with Crippen molar-refractivity contribution in [3.8, 4) is 0 Å². The van der Waals surface area contributed by atoms with Crippen molar-refractivity contribution < 1.29 is 14.4 Å². The number of hydrogen-bond donors (Lipinski definition) is 2. The molecule has 184 valence electrons. The van der Waals surface area contributed by atoms with E-state index in [0.717, 1.165) is 0 Å². The van der Waals surface area contributed by atoms with Crippen molar-refractivity contribution in [3.63, 3.8) is 0 Å². The largest absolute Gasteiger partial charge is 0.394 e. The predicted molar refractivity (Wildman–Crippen MR) is 126 cm³/mol. The van der Waals surface area contributed by atoms with Gasteiger partial charge in [-0.05, 0) is 48.5 Å². The molecule has 1 fully saturated rings. The fraction of sp³-hybridized carbons (Fsp3) is 0.810. The van der Waals surface area contributed by atoms with Crippen molar-refractivity contribution in [2.24, 2.45) is 0 Å². The van der Waals surface area contributed by atoms with E-state index < -0.39 is 38.1 Å². The number of rotatable bonds is 11. The molecule has 1 aliphatic heterocycles. The van der Waals surface area contributed by atoms with Crippen LogP contribution in [0.5, 0.6) is 0 Å². The fourth-order valence-electron chi connectivity index (χ4n) is 4.07. The lowest BCUT2D eigenvalue weighted by molar-refractivity contribution is -0.0454. The minimum absolute atomic E-state index is 0.00836. The molecule has 2 rings (SSSR count). The first-order valence-corrected chi connectivity index (χ1v) is 12.3. The lowest BCUT2D eigenvalue weighted by Crippen LogP contribution is -2.47. The number of hydrazine groups is 1. The minimum atomic E-state index is -1.25. The summed E-state index contributed by atoms with van der Waals surface area (Å²) < 4.78 is 26.1. The number of nitrogens with one attached hydrogen (secondary N) is 1. The van der Waals surface area contributed by atoms with Crippen molar-refractivity contribution in [2.45, 2.75) is 91.4 Å². The van der Waals surface area contributed by atoms with Crippen molar-refractivity contribution in [3.05, 3.63) is 32.6 Å². The minimum Gasteiger partial charge on any atom is -0.394 e. The molecule has 2 N–H and O–H groups in total. The number of ether oxygens (including phenoxy) is 1. The summed E-state index contributed by atoms with van der Waals surface area (Å²) in [5, 5.41) is 6.72. The Morgan fingerprint density at radius 2 is 1.88 bits per heavy atom. The molecule has 32 heavy (non-hydrogen) atoms. The van der Waals surface area contributed by atoms with Gasteiger partial charge in [0.25, 0.3) is 5.56 Å². The molecule has 0 spiro atoms. The summed E-state index contributed by atoms with van der Waals surface area (Å²) in [5.41, 5.74) is -0.533. The third-order valence-electron chi connectivity index (χ3n) is 5.33. The second-order valence-electron chi connectivity index (χ2n) is 9.24. The molecule has 1 aromatic heterocycles. The zero-order valence-corrected chi connectivity index (χ0v) is 21.6. The average Bonchev–Trinajstić information content (AvgIpc) is 3.06. The number of aliphatic hydroxyl groups is 1. The van der Waals surface area contributed by atoms with E-state index in [1.54, 1.807) is 6.92 Å². The molecule has 2 heterocycles. The number of aromatic amines is 1. The van der Waals surface area contributed by atoms with Crippen LogP contribution >= 0.6 is 8.45 Å². The number of nitrogens with zero attached hydrogens (tertiary/aromatic N) is 4. The molecule has 0 saturated carbocycles. The Morgan fingerprint density at radius 3 is 2.38 bits per heavy atom. The van der Waals surface area contributed by atoms with E-state index in [0.29, 0.717) is 12.0 Å². The molecule has 0 aliphatic carbocycles. The molecule has 10 nitrogen and oxygen atoms in total. The molecule has 0 radical (unpaired) electrons. The van der Waals surface area contributed by atoms with Gasteiger partial charge in [-0.1, -0.05) is 0 Å². The van der Waals surface area contributed by atoms with Gasteiger partial charge in [0.15, 0.2) is 0 Å². The smallest absolute Gasteiger partial charge is 0.330 e. The molecular weight excluding hydrogens is 433 g/mol. The number of aromatic nitrogens is 2. The van der Waals surface area contributed by atoms with Gasteiger partial charge in [-0.15, -0.1) is 0 Å². The van der Waals surface area contributed by atoms with Crippen LogP contribution in [0.15, 0.2) is 15.8 Å². The van der Waals surface area contributed by atoms with Crippen LogP contribution in [0, 0.1) is 6.92 Å². The van der Waals surface area contributed by atoms with Gasteiger partial charge in [0.2, 0.25) is 9.88 Å². The quantitative estimate of drug-likeness (QED) is 0.371. The summed E-state index contributed by atoms with van der Waals surface area (Å²) in [6.07, 6.45) is 0.320. The van der Waals surface area contributed by atoms with Gasteiger partial charge < -0.3 is 14.4 Å². The average molecular weight is 475 g/mol. The summed E-state index contributed by atoms with van der Waals surface area (Å²) >= 11 is 0. The predicted octanol–water partition coefficient (Wildman–Crippen LogP) is 2.04. The standard InChI is InChI=1S/C21H40N5O5P/c1-13(2)25(14(3)4)32(26(15(5)6)23(8)9)31-17-10-19(30-18(17)12-27)24-11-16(7)20(28)22-21(24)29/h11,13-15,17-19,27H,10,12H2,1-9H3,(H,22,28,29)/t17?,18-,19-,32?/m1/s1/i27D. The molecule has 1 aromatic rings. The first-order chi connectivity index (χ1) is 15.4. The summed E-state index contributed by atoms with van der Waals surface area (Å²) in [6, 6.07) is 0.635. The van der Waals surface area contributed by atoms with E-state index in [2.05, 4.69) is 61.1 Å². The summed E-state index contributed by atoms with van der Waals surface area (Å²) in [5.74, 6) is 0. The Hall–Kier alpha value is -1.13. The van der Waals surface area contributed by atoms with Crippen molar-refractivity contribution >= 4 is 8.45 Å². The Morgan fingerprint density at radius 1 is 1.25 bits per heavy atom. The van der Waals surface area contributed by atoms with Gasteiger partial charge in [0.1, 0.15) is 12.3 Å². The van der Waals surface area contributed by atoms with E-state index in [-0.39, 0.29) is 24.7 Å². The van der Waals surface area contributed by atoms with E-state index in [1.807, 2.05) is 19.1 Å². The van der Waals surface area contributed by atoms with Gasteiger partial charge in [0.05, 0.1) is 12.7 Å². The topological polar surface area (TPSA) is 103 Å². The van der Waals surface area contributed by atoms with Crippen LogP contribution in [-0.2, 0) is 9.26 Å². The molecule has 1 aliphatic rings. The zero-order valence-electron chi connectivity index (χ0n) is 21.7. The molecular formula is C21H40N5O5P. The van der Waals surface area contributed by atoms with E-state index >= 15 is 0 Å². The maximum atomic E-state index is 12.4. The van der Waals surface area contributed by atoms with Crippen LogP contribution in [0.2, 0.25) is 0 Å². The van der Waals surface area contributed by atoms with Gasteiger partial charge in [-0.3, -0.25) is 14.3 Å². The first-order valence-electron chi connectivity index (χ1n) is 11.6. The number of H-pyrrole nitrogens is 1. The second kappa shape index (κ2) is 11.3. The van der Waals surface area contributed by atoms with Crippen LogP contribution < -0.4 is 11.2 Å².